The fraction of sp³-hybridized carbons (Fsp3) is 0.176. The average molecular weight is 233 g/mol. The number of nitrogens with zero attached hydrogens (tertiary/aromatic N) is 1. The first-order valence-corrected chi connectivity index (χ1v) is 6.59. The Morgan fingerprint density at radius 2 is 1.72 bits per heavy atom. The van der Waals surface area contributed by atoms with Gasteiger partial charge < -0.3 is 4.57 Å². The Kier molecular flexibility index (Phi) is 2.07. The monoisotopic (exact) mass is 233 g/mol. The smallest absolute Gasteiger partial charge is 0.0482 e. The molecule has 3 aromatic rings. The van der Waals surface area contributed by atoms with Gasteiger partial charge in [0.2, 0.25) is 0 Å². The van der Waals surface area contributed by atoms with Gasteiger partial charge in [-0.25, -0.2) is 0 Å². The summed E-state index contributed by atoms with van der Waals surface area (Å²) in [5.74, 6) is 0. The first-order chi connectivity index (χ1) is 8.92. The summed E-state index contributed by atoms with van der Waals surface area (Å²) in [6, 6.07) is 19.8. The zero-order valence-electron chi connectivity index (χ0n) is 10.3. The normalized spacial score (nSPS) is 14.0. The molecule has 1 nitrogen and oxygen atoms in total. The molecule has 88 valence electrons. The first kappa shape index (κ1) is 9.95. The first-order valence-electron chi connectivity index (χ1n) is 6.59. The zero-order valence-corrected chi connectivity index (χ0v) is 10.3. The maximum atomic E-state index is 2.46. The third kappa shape index (κ3) is 1.40. The molecule has 0 atom stereocenters. The number of hydrogen-bond donors (Lipinski definition) is 0. The number of hydrogen-bond acceptors (Lipinski definition) is 0. The van der Waals surface area contributed by atoms with Gasteiger partial charge in [0, 0.05) is 23.1 Å². The lowest BCUT2D eigenvalue weighted by molar-refractivity contribution is 0.772. The lowest BCUT2D eigenvalue weighted by Gasteiger charge is -2.03. The van der Waals surface area contributed by atoms with Crippen LogP contribution in [0.1, 0.15) is 12.1 Å². The molecule has 0 saturated carbocycles. The van der Waals surface area contributed by atoms with Crippen LogP contribution < -0.4 is 0 Å². The highest BCUT2D eigenvalue weighted by Gasteiger charge is 2.14. The third-order valence-corrected chi connectivity index (χ3v) is 3.91. The largest absolute Gasteiger partial charge is 0.345 e. The minimum atomic E-state index is 1.18. The molecule has 0 saturated heterocycles. The van der Waals surface area contributed by atoms with Gasteiger partial charge in [0.1, 0.15) is 0 Å². The van der Waals surface area contributed by atoms with E-state index in [9.17, 15) is 0 Å². The molecule has 0 aliphatic carbocycles. The van der Waals surface area contributed by atoms with E-state index >= 15 is 0 Å². The molecule has 0 amide bonds. The summed E-state index contributed by atoms with van der Waals surface area (Å²) in [7, 11) is 0. The molecule has 18 heavy (non-hydrogen) atoms. The summed E-state index contributed by atoms with van der Waals surface area (Å²) in [6.07, 6.45) is 2.53. The van der Waals surface area contributed by atoms with Gasteiger partial charge in [0.15, 0.2) is 0 Å². The fourth-order valence-corrected chi connectivity index (χ4v) is 3.03. The van der Waals surface area contributed by atoms with E-state index in [1.165, 1.54) is 47.1 Å². The highest BCUT2D eigenvalue weighted by Crippen LogP contribution is 2.29. The van der Waals surface area contributed by atoms with E-state index in [1.54, 1.807) is 0 Å². The van der Waals surface area contributed by atoms with Gasteiger partial charge in [-0.1, -0.05) is 36.4 Å². The number of aryl methyl sites for hydroxylation is 2. The predicted molar refractivity (Wildman–Crippen MR) is 75.7 cm³/mol. The second-order valence-corrected chi connectivity index (χ2v) is 5.03. The number of fused-ring (bicyclic) bond motifs is 3. The Morgan fingerprint density at radius 1 is 0.833 bits per heavy atom. The molecule has 1 aliphatic heterocycles. The second kappa shape index (κ2) is 3.74. The van der Waals surface area contributed by atoms with Crippen LogP contribution in [0.25, 0.3) is 22.0 Å². The van der Waals surface area contributed by atoms with Crippen molar-refractivity contribution in [3.63, 3.8) is 0 Å². The van der Waals surface area contributed by atoms with Crippen molar-refractivity contribution in [2.24, 2.45) is 0 Å². The van der Waals surface area contributed by atoms with Crippen molar-refractivity contribution >= 4 is 10.9 Å². The van der Waals surface area contributed by atoms with E-state index in [-0.39, 0.29) is 0 Å². The van der Waals surface area contributed by atoms with Crippen molar-refractivity contribution in [2.45, 2.75) is 19.4 Å². The van der Waals surface area contributed by atoms with Crippen molar-refractivity contribution < 1.29 is 0 Å². The summed E-state index contributed by atoms with van der Waals surface area (Å²) in [4.78, 5) is 0. The Balaban J connectivity index is 1.91. The van der Waals surface area contributed by atoms with Crippen molar-refractivity contribution in [2.75, 3.05) is 0 Å². The van der Waals surface area contributed by atoms with Gasteiger partial charge in [0.25, 0.3) is 0 Å². The van der Waals surface area contributed by atoms with E-state index in [2.05, 4.69) is 59.2 Å². The second-order valence-electron chi connectivity index (χ2n) is 5.03. The SMILES string of the molecule is c1ccc(-c2ccc3c(c2)cc2n3CCC2)cc1. The molecule has 0 bridgehead atoms. The van der Waals surface area contributed by atoms with Crippen LogP contribution in [-0.4, -0.2) is 4.57 Å². The number of aromatic nitrogens is 1. The van der Waals surface area contributed by atoms with Gasteiger partial charge in [-0.3, -0.25) is 0 Å². The van der Waals surface area contributed by atoms with Gasteiger partial charge in [-0.15, -0.1) is 0 Å². The van der Waals surface area contributed by atoms with Crippen molar-refractivity contribution in [1.29, 1.82) is 0 Å². The van der Waals surface area contributed by atoms with Crippen molar-refractivity contribution in [3.8, 4) is 11.1 Å². The maximum Gasteiger partial charge on any atom is 0.0482 e. The van der Waals surface area contributed by atoms with Crippen LogP contribution in [0, 0.1) is 0 Å². The molecule has 1 aromatic heterocycles. The van der Waals surface area contributed by atoms with E-state index in [4.69, 9.17) is 0 Å². The fourth-order valence-electron chi connectivity index (χ4n) is 3.03. The van der Waals surface area contributed by atoms with Gasteiger partial charge in [-0.2, -0.15) is 0 Å². The number of rotatable bonds is 1. The Labute approximate surface area is 107 Å². The maximum absolute atomic E-state index is 2.46. The Hall–Kier alpha value is -2.02. The third-order valence-electron chi connectivity index (χ3n) is 3.91. The van der Waals surface area contributed by atoms with Crippen LogP contribution in [0.4, 0.5) is 0 Å². The van der Waals surface area contributed by atoms with Crippen LogP contribution in [-0.2, 0) is 13.0 Å². The molecule has 0 fully saturated rings. The Morgan fingerprint density at radius 3 is 2.61 bits per heavy atom. The minimum Gasteiger partial charge on any atom is -0.345 e. The van der Waals surface area contributed by atoms with Crippen LogP contribution in [0.5, 0.6) is 0 Å². The predicted octanol–water partition coefficient (Wildman–Crippen LogP) is 4.25. The summed E-state index contributed by atoms with van der Waals surface area (Å²) in [6.45, 7) is 1.18. The van der Waals surface area contributed by atoms with Gasteiger partial charge in [0.05, 0.1) is 0 Å². The molecule has 2 heterocycles. The van der Waals surface area contributed by atoms with E-state index in [0.717, 1.165) is 0 Å². The molecule has 4 rings (SSSR count). The Bertz CT molecular complexity index is 707. The average Bonchev–Trinajstić information content (AvgIpc) is 2.99. The summed E-state index contributed by atoms with van der Waals surface area (Å²) in [5.41, 5.74) is 5.50. The van der Waals surface area contributed by atoms with E-state index < -0.39 is 0 Å². The van der Waals surface area contributed by atoms with Crippen LogP contribution >= 0.6 is 0 Å². The summed E-state index contributed by atoms with van der Waals surface area (Å²) >= 11 is 0. The van der Waals surface area contributed by atoms with Crippen molar-refractivity contribution in [1.82, 2.24) is 4.57 Å². The molecule has 0 radical (unpaired) electrons. The highest BCUT2D eigenvalue weighted by atomic mass is 15.0. The summed E-state index contributed by atoms with van der Waals surface area (Å²) < 4.78 is 2.46. The topological polar surface area (TPSA) is 4.93 Å². The molecule has 0 unspecified atom stereocenters. The highest BCUT2D eigenvalue weighted by molar-refractivity contribution is 5.86. The number of benzene rings is 2. The summed E-state index contributed by atoms with van der Waals surface area (Å²) in [5, 5.41) is 1.38. The molecular weight excluding hydrogens is 218 g/mol. The molecule has 2 aromatic carbocycles. The lowest BCUT2D eigenvalue weighted by Crippen LogP contribution is -1.90. The molecule has 0 N–H and O–H groups in total. The van der Waals surface area contributed by atoms with Gasteiger partial charge in [-0.05, 0) is 42.2 Å². The van der Waals surface area contributed by atoms with Crippen LogP contribution in [0.2, 0.25) is 0 Å². The zero-order chi connectivity index (χ0) is 11.9. The van der Waals surface area contributed by atoms with Crippen LogP contribution in [0.3, 0.4) is 0 Å². The van der Waals surface area contributed by atoms with E-state index in [1.807, 2.05) is 0 Å². The van der Waals surface area contributed by atoms with Crippen LogP contribution in [0.15, 0.2) is 54.6 Å². The quantitative estimate of drug-likeness (QED) is 0.592. The molecule has 1 aliphatic rings. The lowest BCUT2D eigenvalue weighted by atomic mass is 10.0. The molecule has 0 spiro atoms. The van der Waals surface area contributed by atoms with E-state index in [0.29, 0.717) is 0 Å². The standard InChI is InChI=1S/C17H15N/c1-2-5-13(6-3-1)14-8-9-17-15(11-14)12-16-7-4-10-18(16)17/h1-3,5-6,8-9,11-12H,4,7,10H2. The molecule has 1 heteroatoms. The molecular formula is C17H15N. The van der Waals surface area contributed by atoms with Crippen molar-refractivity contribution in [3.05, 3.63) is 60.3 Å². The minimum absolute atomic E-state index is 1.18. The van der Waals surface area contributed by atoms with Gasteiger partial charge >= 0.3 is 0 Å².